The number of aliphatic imine (C=N–C) groups is 1. The Kier molecular flexibility index (Phi) is 12.3. The van der Waals surface area contributed by atoms with Crippen LogP contribution in [0.3, 0.4) is 0 Å². The summed E-state index contributed by atoms with van der Waals surface area (Å²) in [6.07, 6.45) is 0.918. The molecule has 0 aromatic heterocycles. The molecule has 0 aliphatic rings. The zero-order chi connectivity index (χ0) is 25.6. The first-order chi connectivity index (χ1) is 17.6. The summed E-state index contributed by atoms with van der Waals surface area (Å²) in [4.78, 5) is 6.10. The number of ether oxygens (including phenoxy) is 1. The third-order valence-corrected chi connectivity index (χ3v) is 11.7. The second kappa shape index (κ2) is 15.4. The highest BCUT2D eigenvalue weighted by atomic mass is 32.7. The van der Waals surface area contributed by atoms with Crippen LogP contribution in [0.4, 0.5) is 5.69 Å². The maximum atomic E-state index is 14.0. The highest BCUT2D eigenvalue weighted by Crippen LogP contribution is 2.63. The molecule has 0 saturated carbocycles. The van der Waals surface area contributed by atoms with E-state index in [-0.39, 0.29) is 0 Å². The fourth-order valence-electron chi connectivity index (χ4n) is 3.13. The van der Waals surface area contributed by atoms with Gasteiger partial charge in [0.15, 0.2) is 5.17 Å². The number of nitrogens with zero attached hydrogens (tertiary/aromatic N) is 2. The molecule has 0 bridgehead atoms. The molecule has 0 aliphatic heterocycles. The second-order valence-electron chi connectivity index (χ2n) is 7.51. The molecule has 5 nitrogen and oxygen atoms in total. The van der Waals surface area contributed by atoms with E-state index >= 15 is 0 Å². The summed E-state index contributed by atoms with van der Waals surface area (Å²) < 4.78 is 27.5. The van der Waals surface area contributed by atoms with Gasteiger partial charge in [-0.3, -0.25) is 9.24 Å². The van der Waals surface area contributed by atoms with Crippen molar-refractivity contribution >= 4 is 52.5 Å². The van der Waals surface area contributed by atoms with Crippen LogP contribution in [0.1, 0.15) is 20.3 Å². The van der Waals surface area contributed by atoms with Crippen LogP contribution < -0.4 is 4.74 Å². The quantitative estimate of drug-likeness (QED) is 0.0894. The summed E-state index contributed by atoms with van der Waals surface area (Å²) in [6.45, 7) is 1.55. The molecule has 0 spiro atoms. The highest BCUT2D eigenvalue weighted by Gasteiger charge is 2.34. The van der Waals surface area contributed by atoms with E-state index in [0.29, 0.717) is 11.7 Å². The summed E-state index contributed by atoms with van der Waals surface area (Å²) in [5, 5.41) is 0.705. The lowest BCUT2D eigenvalue weighted by Gasteiger charge is -2.31. The number of hydrogen-bond donors (Lipinski definition) is 0. The van der Waals surface area contributed by atoms with Crippen LogP contribution in [0, 0.1) is 0 Å². The fourth-order valence-corrected chi connectivity index (χ4v) is 9.35. The van der Waals surface area contributed by atoms with E-state index in [4.69, 9.17) is 14.3 Å². The SMILES string of the molecule is CCCSP(=O)(OC)N(CCSc1ccccc1)C(=Nc1ccc(Oc2ccccc2)cc1)SCC. The Morgan fingerprint density at radius 2 is 1.53 bits per heavy atom. The molecule has 1 atom stereocenters. The summed E-state index contributed by atoms with van der Waals surface area (Å²) >= 11 is 4.70. The van der Waals surface area contributed by atoms with Gasteiger partial charge in [-0.15, -0.1) is 11.8 Å². The molecule has 0 amide bonds. The van der Waals surface area contributed by atoms with Gasteiger partial charge >= 0.3 is 6.72 Å². The van der Waals surface area contributed by atoms with Crippen molar-refractivity contribution in [2.45, 2.75) is 25.2 Å². The van der Waals surface area contributed by atoms with Gasteiger partial charge in [-0.2, -0.15) is 0 Å². The van der Waals surface area contributed by atoms with Crippen molar-refractivity contribution < 1.29 is 13.8 Å². The van der Waals surface area contributed by atoms with Crippen molar-refractivity contribution in [3.63, 3.8) is 0 Å². The van der Waals surface area contributed by atoms with Crippen LogP contribution in [-0.2, 0) is 9.09 Å². The van der Waals surface area contributed by atoms with Gasteiger partial charge in [0.25, 0.3) is 0 Å². The maximum absolute atomic E-state index is 14.0. The fraction of sp³-hybridized carbons (Fsp3) is 0.296. The first-order valence-corrected chi connectivity index (χ1v) is 17.0. The van der Waals surface area contributed by atoms with Crippen LogP contribution in [0.2, 0.25) is 0 Å². The molecular weight excluding hydrogens is 527 g/mol. The highest BCUT2D eigenvalue weighted by molar-refractivity contribution is 8.56. The van der Waals surface area contributed by atoms with Gasteiger partial charge in [0.2, 0.25) is 0 Å². The Morgan fingerprint density at radius 1 is 0.889 bits per heavy atom. The zero-order valence-corrected chi connectivity index (χ0v) is 24.3. The Labute approximate surface area is 227 Å². The number of benzene rings is 3. The lowest BCUT2D eigenvalue weighted by atomic mass is 10.3. The average molecular weight is 561 g/mol. The van der Waals surface area contributed by atoms with Gasteiger partial charge in [-0.25, -0.2) is 4.99 Å². The maximum Gasteiger partial charge on any atom is 0.354 e. The second-order valence-corrected chi connectivity index (χ2v) is 14.5. The molecule has 36 heavy (non-hydrogen) atoms. The van der Waals surface area contributed by atoms with Crippen molar-refractivity contribution in [1.82, 2.24) is 4.67 Å². The Hall–Kier alpha value is -1.83. The van der Waals surface area contributed by atoms with Gasteiger partial charge in [0.1, 0.15) is 11.5 Å². The van der Waals surface area contributed by atoms with Crippen molar-refractivity contribution in [2.75, 3.05) is 30.9 Å². The van der Waals surface area contributed by atoms with Crippen LogP contribution in [0.15, 0.2) is 94.8 Å². The largest absolute Gasteiger partial charge is 0.457 e. The molecular formula is C27H33N2O3PS3. The van der Waals surface area contributed by atoms with Crippen LogP contribution in [0.5, 0.6) is 11.5 Å². The van der Waals surface area contributed by atoms with E-state index in [9.17, 15) is 4.57 Å². The molecule has 0 fully saturated rings. The normalized spacial score (nSPS) is 13.2. The molecule has 0 N–H and O–H groups in total. The third kappa shape index (κ3) is 8.93. The van der Waals surface area contributed by atoms with Gasteiger partial charge in [-0.05, 0) is 72.1 Å². The molecule has 0 heterocycles. The van der Waals surface area contributed by atoms with Crippen LogP contribution in [0.25, 0.3) is 0 Å². The minimum Gasteiger partial charge on any atom is -0.457 e. The zero-order valence-electron chi connectivity index (χ0n) is 20.9. The Morgan fingerprint density at radius 3 is 2.14 bits per heavy atom. The monoisotopic (exact) mass is 560 g/mol. The third-order valence-electron chi connectivity index (χ3n) is 4.83. The van der Waals surface area contributed by atoms with Crippen molar-refractivity contribution in [3.8, 4) is 11.5 Å². The average Bonchev–Trinajstić information content (AvgIpc) is 2.92. The van der Waals surface area contributed by atoms with E-state index in [0.717, 1.165) is 40.9 Å². The Bertz CT molecular complexity index is 1120. The molecule has 1 unspecified atom stereocenters. The molecule has 3 aromatic carbocycles. The summed E-state index contributed by atoms with van der Waals surface area (Å²) in [5.74, 6) is 3.84. The summed E-state index contributed by atoms with van der Waals surface area (Å²) in [7, 11) is 1.53. The molecule has 0 saturated heterocycles. The van der Waals surface area contributed by atoms with Gasteiger partial charge in [0.05, 0.1) is 5.69 Å². The molecule has 192 valence electrons. The van der Waals surface area contributed by atoms with Crippen molar-refractivity contribution in [2.24, 2.45) is 4.99 Å². The Balaban J connectivity index is 1.84. The first-order valence-electron chi connectivity index (χ1n) is 11.9. The lowest BCUT2D eigenvalue weighted by Crippen LogP contribution is -2.28. The topological polar surface area (TPSA) is 51.1 Å². The van der Waals surface area contributed by atoms with E-state index in [1.165, 1.54) is 23.4 Å². The van der Waals surface area contributed by atoms with Crippen molar-refractivity contribution in [3.05, 3.63) is 84.9 Å². The molecule has 0 aliphatic carbocycles. The predicted molar refractivity (Wildman–Crippen MR) is 159 cm³/mol. The smallest absolute Gasteiger partial charge is 0.354 e. The first kappa shape index (κ1) is 28.7. The van der Waals surface area contributed by atoms with Crippen LogP contribution in [-0.4, -0.2) is 40.8 Å². The number of thioether (sulfide) groups is 2. The minimum absolute atomic E-state index is 0.558. The number of hydrogen-bond acceptors (Lipinski definition) is 7. The minimum atomic E-state index is -3.17. The molecule has 0 radical (unpaired) electrons. The van der Waals surface area contributed by atoms with E-state index in [1.807, 2.05) is 77.5 Å². The van der Waals surface area contributed by atoms with E-state index in [2.05, 4.69) is 26.0 Å². The molecule has 3 rings (SSSR count). The van der Waals surface area contributed by atoms with Gasteiger partial charge in [-0.1, -0.05) is 62.0 Å². The molecule has 9 heteroatoms. The number of para-hydroxylation sites is 1. The summed E-state index contributed by atoms with van der Waals surface area (Å²) in [6, 6.07) is 27.6. The summed E-state index contributed by atoms with van der Waals surface area (Å²) in [5.41, 5.74) is 0.773. The number of rotatable bonds is 13. The number of amidine groups is 1. The lowest BCUT2D eigenvalue weighted by molar-refractivity contribution is 0.373. The van der Waals surface area contributed by atoms with E-state index < -0.39 is 6.72 Å². The van der Waals surface area contributed by atoms with Crippen molar-refractivity contribution in [1.29, 1.82) is 0 Å². The predicted octanol–water partition coefficient (Wildman–Crippen LogP) is 9.21. The van der Waals surface area contributed by atoms with E-state index in [1.54, 1.807) is 23.5 Å². The molecule has 3 aromatic rings. The van der Waals surface area contributed by atoms with Crippen LogP contribution >= 0.6 is 41.6 Å². The van der Waals surface area contributed by atoms with Gasteiger partial charge in [0, 0.05) is 30.1 Å². The van der Waals surface area contributed by atoms with Gasteiger partial charge < -0.3 is 9.26 Å². The standard InChI is InChI=1S/C27H33N2O3PS3/c1-4-21-36-33(30,31-3)29(20-22-35-26-14-10-7-11-15-26)27(34-5-2)28-23-16-18-25(19-17-23)32-24-12-8-6-9-13-24/h6-19H,4-5,20-22H2,1-3H3.